The molecule has 3 unspecified atom stereocenters. The molecule has 3 heterocycles. The van der Waals surface area contributed by atoms with Gasteiger partial charge in [-0.2, -0.15) is 0 Å². The summed E-state index contributed by atoms with van der Waals surface area (Å²) < 4.78 is 23.5. The first-order valence-corrected chi connectivity index (χ1v) is 12.9. The summed E-state index contributed by atoms with van der Waals surface area (Å²) in [5, 5.41) is 3.66. The molecule has 0 amide bonds. The van der Waals surface area contributed by atoms with Crippen LogP contribution in [0.2, 0.25) is 0 Å². The molecule has 5 fully saturated rings. The fourth-order valence-corrected chi connectivity index (χ4v) is 7.22. The van der Waals surface area contributed by atoms with Gasteiger partial charge in [0.2, 0.25) is 0 Å². The number of rotatable bonds is 4. The van der Waals surface area contributed by atoms with Gasteiger partial charge in [-0.15, -0.1) is 24.0 Å². The smallest absolute Gasteiger partial charge is 0.194 e. The van der Waals surface area contributed by atoms with Crippen LogP contribution in [0.25, 0.3) is 0 Å². The van der Waals surface area contributed by atoms with Crippen LogP contribution in [0.15, 0.2) is 4.99 Å². The van der Waals surface area contributed by atoms with Crippen molar-refractivity contribution in [1.82, 2.24) is 15.1 Å². The maximum absolute atomic E-state index is 11.7. The Labute approximate surface area is 186 Å². The fraction of sp³-hybridized carbons (Fsp3) is 0.950. The van der Waals surface area contributed by atoms with E-state index in [1.165, 1.54) is 51.5 Å². The average Bonchev–Trinajstić information content (AvgIpc) is 3.57. The Balaban J connectivity index is 0.00000192. The van der Waals surface area contributed by atoms with Gasteiger partial charge in [0.15, 0.2) is 15.8 Å². The molecule has 0 aromatic rings. The zero-order chi connectivity index (χ0) is 18.4. The molecule has 2 saturated carbocycles. The van der Waals surface area contributed by atoms with Crippen LogP contribution in [0.5, 0.6) is 0 Å². The molecule has 28 heavy (non-hydrogen) atoms. The van der Waals surface area contributed by atoms with E-state index in [2.05, 4.69) is 15.1 Å². The van der Waals surface area contributed by atoms with Crippen LogP contribution < -0.4 is 5.32 Å². The predicted octanol–water partition coefficient (Wildman–Crippen LogP) is 2.10. The summed E-state index contributed by atoms with van der Waals surface area (Å²) in [5.41, 5.74) is 0. The molecular formula is C20H35IN4O2S. The van der Waals surface area contributed by atoms with E-state index in [0.717, 1.165) is 43.5 Å². The fourth-order valence-electron chi connectivity index (χ4n) is 5.37. The Bertz CT molecular complexity index is 692. The molecule has 6 nitrogen and oxygen atoms in total. The zero-order valence-electron chi connectivity index (χ0n) is 16.8. The van der Waals surface area contributed by atoms with Gasteiger partial charge in [0, 0.05) is 37.8 Å². The molecule has 3 atom stereocenters. The maximum atomic E-state index is 11.7. The van der Waals surface area contributed by atoms with Gasteiger partial charge in [-0.05, 0) is 69.7 Å². The van der Waals surface area contributed by atoms with Crippen molar-refractivity contribution in [2.45, 2.75) is 69.5 Å². The number of sulfone groups is 1. The van der Waals surface area contributed by atoms with Crippen molar-refractivity contribution in [3.8, 4) is 0 Å². The highest BCUT2D eigenvalue weighted by Gasteiger charge is 2.42. The van der Waals surface area contributed by atoms with Crippen LogP contribution in [0.4, 0.5) is 0 Å². The summed E-state index contributed by atoms with van der Waals surface area (Å²) in [4.78, 5) is 10.2. The number of hydrogen-bond acceptors (Lipinski definition) is 4. The van der Waals surface area contributed by atoms with Crippen LogP contribution in [0.1, 0.15) is 51.4 Å². The maximum Gasteiger partial charge on any atom is 0.194 e. The second kappa shape index (κ2) is 8.57. The predicted molar refractivity (Wildman–Crippen MR) is 123 cm³/mol. The van der Waals surface area contributed by atoms with Crippen LogP contribution >= 0.6 is 24.0 Å². The normalized spacial score (nSPS) is 35.9. The highest BCUT2D eigenvalue weighted by Crippen LogP contribution is 2.38. The topological polar surface area (TPSA) is 65.0 Å². The van der Waals surface area contributed by atoms with Gasteiger partial charge < -0.3 is 10.2 Å². The standard InChI is InChI=1S/C20H34N4O2S.HI/c25-27(26)11-8-15(14-27)12-21-20(22-17-3-4-17)23-10-7-19-16(13-23)2-1-9-24(19)18-5-6-18;/h15-19H,1-14H2,(H,21,22);1H. The van der Waals surface area contributed by atoms with Crippen molar-refractivity contribution in [2.24, 2.45) is 16.8 Å². The molecule has 0 spiro atoms. The number of aliphatic imine (C=N–C) groups is 1. The molecule has 0 aromatic carbocycles. The molecule has 0 aromatic heterocycles. The van der Waals surface area contributed by atoms with Gasteiger partial charge in [0.05, 0.1) is 11.5 Å². The number of nitrogens with one attached hydrogen (secondary N) is 1. The highest BCUT2D eigenvalue weighted by atomic mass is 127. The van der Waals surface area contributed by atoms with E-state index in [1.807, 2.05) is 0 Å². The first-order chi connectivity index (χ1) is 13.1. The Morgan fingerprint density at radius 3 is 2.54 bits per heavy atom. The quantitative estimate of drug-likeness (QED) is 0.348. The third-order valence-corrected chi connectivity index (χ3v) is 9.00. The molecule has 0 radical (unpaired) electrons. The molecule has 3 aliphatic heterocycles. The van der Waals surface area contributed by atoms with Gasteiger partial charge in [0.25, 0.3) is 0 Å². The number of fused-ring (bicyclic) bond motifs is 1. The summed E-state index contributed by atoms with van der Waals surface area (Å²) in [6.07, 6.45) is 10.0. The van der Waals surface area contributed by atoms with Crippen molar-refractivity contribution < 1.29 is 8.42 Å². The third kappa shape index (κ3) is 4.96. The van der Waals surface area contributed by atoms with Gasteiger partial charge in [-0.25, -0.2) is 8.42 Å². The van der Waals surface area contributed by atoms with Crippen LogP contribution in [-0.2, 0) is 9.84 Å². The second-order valence-corrected chi connectivity index (χ2v) is 11.8. The molecule has 8 heteroatoms. The second-order valence-electron chi connectivity index (χ2n) is 9.53. The number of guanidine groups is 1. The Morgan fingerprint density at radius 2 is 1.86 bits per heavy atom. The molecule has 3 saturated heterocycles. The summed E-state index contributed by atoms with van der Waals surface area (Å²) in [7, 11) is -2.81. The lowest BCUT2D eigenvalue weighted by Gasteiger charge is -2.48. The molecular weight excluding hydrogens is 487 g/mol. The monoisotopic (exact) mass is 522 g/mol. The summed E-state index contributed by atoms with van der Waals surface area (Å²) in [5.74, 6) is 2.72. The van der Waals surface area contributed by atoms with Crippen LogP contribution in [0.3, 0.4) is 0 Å². The van der Waals surface area contributed by atoms with E-state index in [9.17, 15) is 8.42 Å². The number of likely N-dealkylation sites (tertiary alicyclic amines) is 2. The summed E-state index contributed by atoms with van der Waals surface area (Å²) >= 11 is 0. The molecule has 5 aliphatic rings. The average molecular weight is 522 g/mol. The van der Waals surface area contributed by atoms with E-state index in [0.29, 0.717) is 24.1 Å². The minimum atomic E-state index is -2.81. The molecule has 1 N–H and O–H groups in total. The van der Waals surface area contributed by atoms with Crippen LogP contribution in [0, 0.1) is 11.8 Å². The van der Waals surface area contributed by atoms with Gasteiger partial charge in [-0.3, -0.25) is 9.89 Å². The minimum Gasteiger partial charge on any atom is -0.354 e. The lowest BCUT2D eigenvalue weighted by molar-refractivity contribution is 0.0369. The number of hydrogen-bond donors (Lipinski definition) is 1. The van der Waals surface area contributed by atoms with Crippen molar-refractivity contribution in [3.63, 3.8) is 0 Å². The molecule has 2 aliphatic carbocycles. The van der Waals surface area contributed by atoms with E-state index in [-0.39, 0.29) is 29.9 Å². The third-order valence-electron chi connectivity index (χ3n) is 7.16. The van der Waals surface area contributed by atoms with E-state index in [4.69, 9.17) is 4.99 Å². The Kier molecular flexibility index (Phi) is 6.48. The molecule has 5 rings (SSSR count). The lowest BCUT2D eigenvalue weighted by atomic mass is 9.83. The zero-order valence-corrected chi connectivity index (χ0v) is 19.9. The van der Waals surface area contributed by atoms with Gasteiger partial charge in [-0.1, -0.05) is 0 Å². The Hall–Kier alpha value is -0.0900. The van der Waals surface area contributed by atoms with E-state index < -0.39 is 9.84 Å². The van der Waals surface area contributed by atoms with Crippen molar-refractivity contribution >= 4 is 39.8 Å². The molecule has 0 bridgehead atoms. The van der Waals surface area contributed by atoms with Crippen molar-refractivity contribution in [3.05, 3.63) is 0 Å². The van der Waals surface area contributed by atoms with E-state index in [1.54, 1.807) is 0 Å². The van der Waals surface area contributed by atoms with Crippen molar-refractivity contribution in [2.75, 3.05) is 37.7 Å². The van der Waals surface area contributed by atoms with E-state index >= 15 is 0 Å². The summed E-state index contributed by atoms with van der Waals surface area (Å²) in [6, 6.07) is 2.25. The van der Waals surface area contributed by atoms with Gasteiger partial charge >= 0.3 is 0 Å². The first kappa shape index (κ1) is 21.2. The number of halogens is 1. The SMILES string of the molecule is I.O=S1(=O)CCC(CN=C(NC2CC2)N2CCC3C(CCCN3C3CC3)C2)C1. The largest absolute Gasteiger partial charge is 0.354 e. The minimum absolute atomic E-state index is 0. The molecule has 160 valence electrons. The van der Waals surface area contributed by atoms with Crippen molar-refractivity contribution in [1.29, 1.82) is 0 Å². The summed E-state index contributed by atoms with van der Waals surface area (Å²) in [6.45, 7) is 4.18. The van der Waals surface area contributed by atoms with Crippen LogP contribution in [-0.4, -0.2) is 80.0 Å². The first-order valence-electron chi connectivity index (χ1n) is 11.1. The van der Waals surface area contributed by atoms with Gasteiger partial charge in [0.1, 0.15) is 0 Å². The number of piperidine rings is 2. The Morgan fingerprint density at radius 1 is 1.04 bits per heavy atom. The lowest BCUT2D eigenvalue weighted by Crippen LogP contribution is -2.57. The number of nitrogens with zero attached hydrogens (tertiary/aromatic N) is 3. The highest BCUT2D eigenvalue weighted by molar-refractivity contribution is 14.0.